The van der Waals surface area contributed by atoms with Crippen molar-refractivity contribution in [2.45, 2.75) is 32.4 Å². The summed E-state index contributed by atoms with van der Waals surface area (Å²) in [6.45, 7) is 6.06. The van der Waals surface area contributed by atoms with Crippen molar-refractivity contribution in [2.75, 3.05) is 6.61 Å². The first kappa shape index (κ1) is 9.59. The average molecular weight is 145 g/mol. The van der Waals surface area contributed by atoms with Crippen LogP contribution in [0.2, 0.25) is 0 Å². The third-order valence-electron chi connectivity index (χ3n) is 0.884. The van der Waals surface area contributed by atoms with E-state index < -0.39 is 6.04 Å². The second-order valence-corrected chi connectivity index (χ2v) is 3.22. The standard InChI is InChI=1S/C7H15NO2/c1-7(2,3)10-5-6(8)4-9/h4,6H,5,8H2,1-3H3/t6-/m0/s1. The lowest BCUT2D eigenvalue weighted by molar-refractivity contribution is -0.111. The van der Waals surface area contributed by atoms with Gasteiger partial charge in [0.25, 0.3) is 0 Å². The second-order valence-electron chi connectivity index (χ2n) is 3.22. The Kier molecular flexibility index (Phi) is 3.53. The van der Waals surface area contributed by atoms with Crippen LogP contribution < -0.4 is 5.73 Å². The predicted octanol–water partition coefficient (Wildman–Crippen LogP) is 0.328. The van der Waals surface area contributed by atoms with Crippen LogP contribution in [0.25, 0.3) is 0 Å². The van der Waals surface area contributed by atoms with Crippen molar-refractivity contribution >= 4 is 6.29 Å². The number of rotatable bonds is 3. The van der Waals surface area contributed by atoms with Gasteiger partial charge in [0, 0.05) is 0 Å². The minimum atomic E-state index is -0.487. The fourth-order valence-corrected chi connectivity index (χ4v) is 0.386. The second kappa shape index (κ2) is 3.68. The zero-order valence-electron chi connectivity index (χ0n) is 6.76. The smallest absolute Gasteiger partial charge is 0.139 e. The number of nitrogens with two attached hydrogens (primary N) is 1. The molecule has 0 bridgehead atoms. The predicted molar refractivity (Wildman–Crippen MR) is 39.7 cm³/mol. The van der Waals surface area contributed by atoms with Crippen molar-refractivity contribution in [3.05, 3.63) is 0 Å². The van der Waals surface area contributed by atoms with E-state index in [1.54, 1.807) is 0 Å². The average Bonchev–Trinajstić information content (AvgIpc) is 1.81. The van der Waals surface area contributed by atoms with Crippen LogP contribution in [0.1, 0.15) is 20.8 Å². The lowest BCUT2D eigenvalue weighted by Gasteiger charge is -2.20. The fourth-order valence-electron chi connectivity index (χ4n) is 0.386. The summed E-state index contributed by atoms with van der Waals surface area (Å²) in [6.07, 6.45) is 0.686. The Hall–Kier alpha value is -0.410. The molecule has 10 heavy (non-hydrogen) atoms. The first-order valence-electron chi connectivity index (χ1n) is 3.30. The van der Waals surface area contributed by atoms with Crippen LogP contribution in [0.3, 0.4) is 0 Å². The van der Waals surface area contributed by atoms with Gasteiger partial charge in [-0.15, -0.1) is 0 Å². The Bertz CT molecular complexity index is 107. The molecule has 0 saturated carbocycles. The molecule has 0 aliphatic carbocycles. The number of carbonyl (C=O) groups excluding carboxylic acids is 1. The van der Waals surface area contributed by atoms with Gasteiger partial charge >= 0.3 is 0 Å². The number of hydrogen-bond donors (Lipinski definition) is 1. The number of carbonyl (C=O) groups is 1. The highest BCUT2D eigenvalue weighted by molar-refractivity contribution is 5.57. The van der Waals surface area contributed by atoms with Gasteiger partial charge < -0.3 is 15.3 Å². The molecule has 0 aromatic carbocycles. The van der Waals surface area contributed by atoms with Crippen LogP contribution in [0.5, 0.6) is 0 Å². The van der Waals surface area contributed by atoms with Gasteiger partial charge in [-0.2, -0.15) is 0 Å². The molecule has 0 aliphatic rings. The van der Waals surface area contributed by atoms with Crippen molar-refractivity contribution in [3.63, 3.8) is 0 Å². The summed E-state index contributed by atoms with van der Waals surface area (Å²) in [7, 11) is 0. The Morgan fingerprint density at radius 2 is 2.10 bits per heavy atom. The zero-order chi connectivity index (χ0) is 8.20. The first-order chi connectivity index (χ1) is 4.45. The first-order valence-corrected chi connectivity index (χ1v) is 3.30. The minimum Gasteiger partial charge on any atom is -0.374 e. The molecule has 1 atom stereocenters. The molecule has 0 amide bonds. The summed E-state index contributed by atoms with van der Waals surface area (Å²) in [5.74, 6) is 0. The van der Waals surface area contributed by atoms with E-state index in [0.29, 0.717) is 12.9 Å². The molecule has 0 aliphatic heterocycles. The number of ether oxygens (including phenoxy) is 1. The Balaban J connectivity index is 3.45. The lowest BCUT2D eigenvalue weighted by Crippen LogP contribution is -2.32. The Labute approximate surface area is 61.5 Å². The van der Waals surface area contributed by atoms with E-state index in [1.165, 1.54) is 0 Å². The Morgan fingerprint density at radius 3 is 2.40 bits per heavy atom. The summed E-state index contributed by atoms with van der Waals surface area (Å²) in [4.78, 5) is 10.0. The van der Waals surface area contributed by atoms with Crippen LogP contribution >= 0.6 is 0 Å². The van der Waals surface area contributed by atoms with Gasteiger partial charge in [0.1, 0.15) is 6.29 Å². The molecule has 0 radical (unpaired) electrons. The van der Waals surface area contributed by atoms with Crippen molar-refractivity contribution in [1.29, 1.82) is 0 Å². The van der Waals surface area contributed by atoms with Crippen LogP contribution in [-0.4, -0.2) is 24.5 Å². The highest BCUT2D eigenvalue weighted by Gasteiger charge is 2.11. The highest BCUT2D eigenvalue weighted by atomic mass is 16.5. The topological polar surface area (TPSA) is 52.3 Å². The largest absolute Gasteiger partial charge is 0.374 e. The summed E-state index contributed by atoms with van der Waals surface area (Å²) < 4.78 is 5.23. The molecule has 2 N–H and O–H groups in total. The molecule has 3 heteroatoms. The molecule has 0 fully saturated rings. The normalized spacial score (nSPS) is 14.8. The summed E-state index contributed by atoms with van der Waals surface area (Å²) in [6, 6.07) is -0.487. The molecule has 0 spiro atoms. The van der Waals surface area contributed by atoms with Crippen molar-refractivity contribution in [3.8, 4) is 0 Å². The van der Waals surface area contributed by atoms with Gasteiger partial charge in [-0.25, -0.2) is 0 Å². The molecule has 60 valence electrons. The van der Waals surface area contributed by atoms with E-state index in [4.69, 9.17) is 10.5 Å². The van der Waals surface area contributed by atoms with E-state index in [0.717, 1.165) is 0 Å². The summed E-state index contributed by atoms with van der Waals surface area (Å²) in [5.41, 5.74) is 5.08. The quantitative estimate of drug-likeness (QED) is 0.582. The van der Waals surface area contributed by atoms with Gasteiger partial charge in [-0.1, -0.05) is 0 Å². The van der Waals surface area contributed by atoms with Gasteiger partial charge in [0.15, 0.2) is 0 Å². The zero-order valence-corrected chi connectivity index (χ0v) is 6.76. The van der Waals surface area contributed by atoms with E-state index in [9.17, 15) is 4.79 Å². The molecule has 0 aromatic heterocycles. The number of hydrogen-bond acceptors (Lipinski definition) is 3. The molecule has 3 nitrogen and oxygen atoms in total. The van der Waals surface area contributed by atoms with Gasteiger partial charge in [-0.3, -0.25) is 0 Å². The maximum absolute atomic E-state index is 10.0. The lowest BCUT2D eigenvalue weighted by atomic mass is 10.2. The maximum Gasteiger partial charge on any atom is 0.139 e. The van der Waals surface area contributed by atoms with Crippen LogP contribution in [-0.2, 0) is 9.53 Å². The third-order valence-corrected chi connectivity index (χ3v) is 0.884. The van der Waals surface area contributed by atoms with E-state index in [2.05, 4.69) is 0 Å². The van der Waals surface area contributed by atoms with E-state index in [1.807, 2.05) is 20.8 Å². The SMILES string of the molecule is CC(C)(C)OC[C@@H](N)C=O. The summed E-state index contributed by atoms with van der Waals surface area (Å²) in [5, 5.41) is 0. The van der Waals surface area contributed by atoms with Gasteiger partial charge in [0.05, 0.1) is 18.2 Å². The highest BCUT2D eigenvalue weighted by Crippen LogP contribution is 2.05. The van der Waals surface area contributed by atoms with E-state index >= 15 is 0 Å². The molecule has 0 rings (SSSR count). The van der Waals surface area contributed by atoms with Crippen LogP contribution in [0.4, 0.5) is 0 Å². The van der Waals surface area contributed by atoms with Crippen molar-refractivity contribution in [1.82, 2.24) is 0 Å². The molecule has 0 heterocycles. The Morgan fingerprint density at radius 1 is 1.60 bits per heavy atom. The van der Waals surface area contributed by atoms with Gasteiger partial charge in [0.2, 0.25) is 0 Å². The minimum absolute atomic E-state index is 0.208. The molecular formula is C7H15NO2. The monoisotopic (exact) mass is 145 g/mol. The number of aldehydes is 1. The summed E-state index contributed by atoms with van der Waals surface area (Å²) >= 11 is 0. The van der Waals surface area contributed by atoms with Crippen LogP contribution in [0.15, 0.2) is 0 Å². The van der Waals surface area contributed by atoms with Crippen LogP contribution in [0, 0.1) is 0 Å². The van der Waals surface area contributed by atoms with Gasteiger partial charge in [-0.05, 0) is 20.8 Å². The molecule has 0 saturated heterocycles. The maximum atomic E-state index is 10.0. The molecular weight excluding hydrogens is 130 g/mol. The fraction of sp³-hybridized carbons (Fsp3) is 0.857. The van der Waals surface area contributed by atoms with Crippen molar-refractivity contribution < 1.29 is 9.53 Å². The molecule has 0 aromatic rings. The third kappa shape index (κ3) is 5.72. The van der Waals surface area contributed by atoms with Crippen molar-refractivity contribution in [2.24, 2.45) is 5.73 Å². The van der Waals surface area contributed by atoms with E-state index in [-0.39, 0.29) is 5.60 Å². The molecule has 0 unspecified atom stereocenters.